The second-order valence-corrected chi connectivity index (χ2v) is 8.43. The molecular weight excluding hydrogens is 432 g/mol. The van der Waals surface area contributed by atoms with Gasteiger partial charge in [-0.25, -0.2) is 0 Å². The molecule has 1 aromatic carbocycles. The largest absolute Gasteiger partial charge is 0.461 e. The maximum absolute atomic E-state index is 12.5. The van der Waals surface area contributed by atoms with Crippen LogP contribution in [0.1, 0.15) is 13.3 Å². The Bertz CT molecular complexity index is 841. The first-order chi connectivity index (χ1) is 13.3. The lowest BCUT2D eigenvalue weighted by Crippen LogP contribution is -2.39. The summed E-state index contributed by atoms with van der Waals surface area (Å²) >= 11 is 3.54. The molecule has 0 unspecified atom stereocenters. The number of benzene rings is 1. The van der Waals surface area contributed by atoms with E-state index in [4.69, 9.17) is 9.47 Å². The van der Waals surface area contributed by atoms with Gasteiger partial charge in [-0.3, -0.25) is 19.2 Å². The van der Waals surface area contributed by atoms with Gasteiger partial charge in [-0.2, -0.15) is 0 Å². The van der Waals surface area contributed by atoms with Crippen molar-refractivity contribution in [3.05, 3.63) is 24.3 Å². The van der Waals surface area contributed by atoms with Gasteiger partial charge in [0.05, 0.1) is 16.7 Å². The fourth-order valence-electron chi connectivity index (χ4n) is 4.56. The summed E-state index contributed by atoms with van der Waals surface area (Å²) in [6, 6.07) is 6.56. The quantitative estimate of drug-likeness (QED) is 0.521. The van der Waals surface area contributed by atoms with E-state index in [0.717, 1.165) is 6.42 Å². The minimum absolute atomic E-state index is 0.0108. The lowest BCUT2D eigenvalue weighted by molar-refractivity contribution is -0.157. The van der Waals surface area contributed by atoms with E-state index in [-0.39, 0.29) is 34.6 Å². The van der Waals surface area contributed by atoms with Crippen LogP contribution in [-0.2, 0) is 28.7 Å². The lowest BCUT2D eigenvalue weighted by Gasteiger charge is -2.26. The Morgan fingerprint density at radius 3 is 2.43 bits per heavy atom. The molecule has 148 valence electrons. The summed E-state index contributed by atoms with van der Waals surface area (Å²) in [5, 5.41) is 5.25. The highest BCUT2D eigenvalue weighted by Crippen LogP contribution is 2.60. The molecule has 1 saturated heterocycles. The van der Waals surface area contributed by atoms with Gasteiger partial charge in [0, 0.05) is 24.2 Å². The second-order valence-electron chi connectivity index (χ2n) is 7.38. The molecule has 0 spiro atoms. The first kappa shape index (κ1) is 18.9. The molecule has 2 saturated carbocycles. The number of fused-ring (bicyclic) bond motifs is 1. The van der Waals surface area contributed by atoms with Crippen LogP contribution in [0.5, 0.6) is 0 Å². The van der Waals surface area contributed by atoms with E-state index >= 15 is 0 Å². The molecule has 6 atom stereocenters. The molecule has 2 N–H and O–H groups in total. The number of hydrogen-bond acceptors (Lipinski definition) is 6. The zero-order valence-corrected chi connectivity index (χ0v) is 16.6. The minimum atomic E-state index is -0.564. The number of rotatable bonds is 5. The van der Waals surface area contributed by atoms with Crippen LogP contribution in [0, 0.1) is 23.7 Å². The predicted molar refractivity (Wildman–Crippen MR) is 102 cm³/mol. The molecule has 4 rings (SSSR count). The summed E-state index contributed by atoms with van der Waals surface area (Å²) in [4.78, 5) is 47.7. The van der Waals surface area contributed by atoms with Crippen molar-refractivity contribution in [3.63, 3.8) is 0 Å². The fourth-order valence-corrected chi connectivity index (χ4v) is 5.61. The maximum Gasteiger partial charge on any atom is 0.310 e. The van der Waals surface area contributed by atoms with Gasteiger partial charge in [-0.1, -0.05) is 15.9 Å². The summed E-state index contributed by atoms with van der Waals surface area (Å²) in [6.45, 7) is 0.974. The molecule has 3 aliphatic rings. The Labute approximate surface area is 169 Å². The molecule has 2 aliphatic carbocycles. The number of halogens is 1. The zero-order chi connectivity index (χ0) is 20.0. The van der Waals surface area contributed by atoms with Crippen molar-refractivity contribution in [3.8, 4) is 0 Å². The molecule has 0 radical (unpaired) electrons. The van der Waals surface area contributed by atoms with Crippen molar-refractivity contribution in [1.29, 1.82) is 0 Å². The zero-order valence-electron chi connectivity index (χ0n) is 15.0. The molecule has 8 nitrogen and oxygen atoms in total. The first-order valence-electron chi connectivity index (χ1n) is 9.04. The van der Waals surface area contributed by atoms with Gasteiger partial charge in [-0.15, -0.1) is 0 Å². The van der Waals surface area contributed by atoms with Gasteiger partial charge in [0.1, 0.15) is 6.10 Å². The van der Waals surface area contributed by atoms with Crippen molar-refractivity contribution in [2.45, 2.75) is 24.3 Å². The average Bonchev–Trinajstić information content (AvgIpc) is 3.25. The number of alkyl halides is 1. The highest BCUT2D eigenvalue weighted by molar-refractivity contribution is 9.09. The molecule has 1 aromatic rings. The third-order valence-electron chi connectivity index (χ3n) is 5.63. The van der Waals surface area contributed by atoms with Crippen LogP contribution in [0.25, 0.3) is 0 Å². The number of esters is 2. The second kappa shape index (κ2) is 7.20. The van der Waals surface area contributed by atoms with Gasteiger partial charge in [0.25, 0.3) is 5.91 Å². The number of carbonyl (C=O) groups excluding carboxylic acids is 4. The van der Waals surface area contributed by atoms with E-state index in [1.54, 1.807) is 24.3 Å². The summed E-state index contributed by atoms with van der Waals surface area (Å²) < 4.78 is 10.6. The van der Waals surface area contributed by atoms with E-state index in [2.05, 4.69) is 26.6 Å². The average molecular weight is 451 g/mol. The van der Waals surface area contributed by atoms with Gasteiger partial charge in [0.15, 0.2) is 6.61 Å². The Balaban J connectivity index is 1.31. The third-order valence-corrected chi connectivity index (χ3v) is 6.83. The molecule has 3 fully saturated rings. The van der Waals surface area contributed by atoms with Crippen LogP contribution < -0.4 is 10.6 Å². The van der Waals surface area contributed by atoms with Crippen LogP contribution in [0.2, 0.25) is 0 Å². The molecule has 1 aliphatic heterocycles. The summed E-state index contributed by atoms with van der Waals surface area (Å²) in [5.74, 6) is -2.52. The lowest BCUT2D eigenvalue weighted by atomic mass is 9.80. The molecular formula is C19H19BrN2O6. The Morgan fingerprint density at radius 2 is 1.79 bits per heavy atom. The van der Waals surface area contributed by atoms with Crippen LogP contribution in [0.3, 0.4) is 0 Å². The normalized spacial score (nSPS) is 32.0. The van der Waals surface area contributed by atoms with Crippen molar-refractivity contribution in [2.24, 2.45) is 23.7 Å². The Hall–Kier alpha value is -2.42. The highest BCUT2D eigenvalue weighted by atomic mass is 79.9. The van der Waals surface area contributed by atoms with Crippen molar-refractivity contribution in [1.82, 2.24) is 0 Å². The van der Waals surface area contributed by atoms with E-state index in [1.165, 1.54) is 6.92 Å². The van der Waals surface area contributed by atoms with Crippen LogP contribution in [-0.4, -0.2) is 41.3 Å². The van der Waals surface area contributed by atoms with E-state index in [0.29, 0.717) is 11.4 Å². The number of amides is 2. The smallest absolute Gasteiger partial charge is 0.310 e. The van der Waals surface area contributed by atoms with Crippen LogP contribution in [0.15, 0.2) is 24.3 Å². The van der Waals surface area contributed by atoms with Gasteiger partial charge in [0.2, 0.25) is 5.91 Å². The predicted octanol–water partition coefficient (Wildman–Crippen LogP) is 1.70. The molecule has 2 amide bonds. The Morgan fingerprint density at radius 1 is 1.14 bits per heavy atom. The topological polar surface area (TPSA) is 111 Å². The van der Waals surface area contributed by atoms with Crippen molar-refractivity contribution < 1.29 is 28.7 Å². The third kappa shape index (κ3) is 3.28. The molecule has 28 heavy (non-hydrogen) atoms. The molecule has 2 bridgehead atoms. The van der Waals surface area contributed by atoms with E-state index < -0.39 is 30.3 Å². The van der Waals surface area contributed by atoms with Crippen LogP contribution in [0.4, 0.5) is 11.4 Å². The minimum Gasteiger partial charge on any atom is -0.461 e. The summed E-state index contributed by atoms with van der Waals surface area (Å²) in [5.41, 5.74) is 1.12. The molecule has 1 heterocycles. The summed E-state index contributed by atoms with van der Waals surface area (Å²) in [6.07, 6.45) is 0.596. The number of hydrogen-bond donors (Lipinski definition) is 2. The van der Waals surface area contributed by atoms with E-state index in [9.17, 15) is 19.2 Å². The number of ether oxygens (including phenoxy) is 2. The van der Waals surface area contributed by atoms with Crippen molar-refractivity contribution >= 4 is 51.1 Å². The maximum atomic E-state index is 12.5. The monoisotopic (exact) mass is 450 g/mol. The first-order valence-corrected chi connectivity index (χ1v) is 9.95. The SMILES string of the molecule is CC(=O)Nc1ccc(NC(=O)COC(=O)[C@@H]2[C@H]3C[C@H]4[C@H](OC(=O)[C@@H]42)[C@H]3Br)cc1. The highest BCUT2D eigenvalue weighted by Gasteiger charge is 2.68. The number of carbonyl (C=O) groups is 4. The van der Waals surface area contributed by atoms with Gasteiger partial charge >= 0.3 is 11.9 Å². The van der Waals surface area contributed by atoms with E-state index in [1.807, 2.05) is 0 Å². The van der Waals surface area contributed by atoms with Crippen LogP contribution >= 0.6 is 15.9 Å². The van der Waals surface area contributed by atoms with Crippen molar-refractivity contribution in [2.75, 3.05) is 17.2 Å². The van der Waals surface area contributed by atoms with Gasteiger partial charge in [-0.05, 0) is 36.6 Å². The fraction of sp³-hybridized carbons (Fsp3) is 0.474. The number of anilines is 2. The Kier molecular flexibility index (Phi) is 4.86. The standard InChI is InChI=1S/C19H19BrN2O6/c1-8(23)21-9-2-4-10(5-3-9)22-13(24)7-27-18(25)14-11-6-12-15(14)19(26)28-17(12)16(11)20/h2-5,11-12,14-17H,6-7H2,1H3,(H,21,23)(H,22,24)/t11-,12-,14-,15+,16+,17+/m1/s1. The molecule has 9 heteroatoms. The molecule has 0 aromatic heterocycles. The van der Waals surface area contributed by atoms with Gasteiger partial charge < -0.3 is 20.1 Å². The summed E-state index contributed by atoms with van der Waals surface area (Å²) in [7, 11) is 0. The number of nitrogens with one attached hydrogen (secondary N) is 2.